The molecular weight excluding hydrogens is 313 g/mol. The molecule has 1 atom stereocenters. The van der Waals surface area contributed by atoms with E-state index in [-0.39, 0.29) is 12.1 Å². The number of pyridine rings is 1. The third kappa shape index (κ3) is 2.84. The molecule has 1 N–H and O–H groups in total. The predicted octanol–water partition coefficient (Wildman–Crippen LogP) is 2.56. The summed E-state index contributed by atoms with van der Waals surface area (Å²) in [5, 5.41) is 14.5. The second kappa shape index (κ2) is 5.79. The van der Waals surface area contributed by atoms with Crippen LogP contribution in [0.2, 0.25) is 0 Å². The molecule has 2 rings (SSSR count). The topological polar surface area (TPSA) is 50.9 Å². The van der Waals surface area contributed by atoms with Crippen molar-refractivity contribution >= 4 is 15.9 Å². The monoisotopic (exact) mass is 327 g/mol. The lowest BCUT2D eigenvalue weighted by Gasteiger charge is -2.11. The second-order valence-corrected chi connectivity index (χ2v) is 5.07. The van der Waals surface area contributed by atoms with Gasteiger partial charge in [-0.25, -0.2) is 4.39 Å². The molecule has 0 spiro atoms. The van der Waals surface area contributed by atoms with E-state index in [1.165, 1.54) is 18.3 Å². The van der Waals surface area contributed by atoms with E-state index in [4.69, 9.17) is 0 Å². The fourth-order valence-corrected chi connectivity index (χ4v) is 2.74. The van der Waals surface area contributed by atoms with Gasteiger partial charge in [-0.3, -0.25) is 9.67 Å². The molecule has 19 heavy (non-hydrogen) atoms. The van der Waals surface area contributed by atoms with Crippen LogP contribution in [-0.4, -0.2) is 19.9 Å². The van der Waals surface area contributed by atoms with E-state index in [0.29, 0.717) is 0 Å². The molecule has 2 aromatic heterocycles. The fourth-order valence-electron chi connectivity index (χ4n) is 1.96. The van der Waals surface area contributed by atoms with Crippen molar-refractivity contribution in [3.8, 4) is 0 Å². The van der Waals surface area contributed by atoms with Gasteiger partial charge >= 0.3 is 0 Å². The van der Waals surface area contributed by atoms with Crippen molar-refractivity contribution in [1.82, 2.24) is 14.8 Å². The van der Waals surface area contributed by atoms with Gasteiger partial charge in [-0.1, -0.05) is 6.92 Å². The molecule has 0 aliphatic carbocycles. The van der Waals surface area contributed by atoms with Gasteiger partial charge in [0.2, 0.25) is 0 Å². The van der Waals surface area contributed by atoms with E-state index in [9.17, 15) is 9.50 Å². The number of aromatic nitrogens is 3. The minimum absolute atomic E-state index is 0.0636. The van der Waals surface area contributed by atoms with E-state index >= 15 is 0 Å². The molecule has 1 unspecified atom stereocenters. The number of aryl methyl sites for hydroxylation is 2. The van der Waals surface area contributed by atoms with Gasteiger partial charge in [-0.15, -0.1) is 0 Å². The zero-order valence-corrected chi connectivity index (χ0v) is 12.4. The first-order chi connectivity index (χ1) is 9.04. The molecule has 0 saturated heterocycles. The van der Waals surface area contributed by atoms with Crippen molar-refractivity contribution < 1.29 is 9.50 Å². The van der Waals surface area contributed by atoms with Crippen LogP contribution in [0.5, 0.6) is 0 Å². The van der Waals surface area contributed by atoms with Crippen LogP contribution in [-0.2, 0) is 19.9 Å². The summed E-state index contributed by atoms with van der Waals surface area (Å²) in [6.45, 7) is 2.01. The lowest BCUT2D eigenvalue weighted by Crippen LogP contribution is -2.10. The van der Waals surface area contributed by atoms with E-state index in [1.54, 1.807) is 11.7 Å². The van der Waals surface area contributed by atoms with Crippen molar-refractivity contribution in [1.29, 1.82) is 0 Å². The molecule has 102 valence electrons. The van der Waals surface area contributed by atoms with Crippen LogP contribution in [0.15, 0.2) is 22.8 Å². The Morgan fingerprint density at radius 2 is 2.26 bits per heavy atom. The maximum absolute atomic E-state index is 13.6. The highest BCUT2D eigenvalue weighted by atomic mass is 79.9. The molecule has 0 bridgehead atoms. The Morgan fingerprint density at radius 3 is 2.84 bits per heavy atom. The highest BCUT2D eigenvalue weighted by Gasteiger charge is 2.20. The van der Waals surface area contributed by atoms with E-state index in [0.717, 1.165) is 22.3 Å². The standard InChI is InChI=1S/C13H15BrFN3O/c1-3-9-12(14)10(18(2)17-9)7-11(19)13-8(15)5-4-6-16-13/h4-6,11,19H,3,7H2,1-2H3. The number of rotatable bonds is 4. The average molecular weight is 328 g/mol. The summed E-state index contributed by atoms with van der Waals surface area (Å²) in [6.07, 6.45) is 1.54. The van der Waals surface area contributed by atoms with Crippen molar-refractivity contribution in [3.63, 3.8) is 0 Å². The quantitative estimate of drug-likeness (QED) is 0.938. The third-order valence-electron chi connectivity index (χ3n) is 2.99. The lowest BCUT2D eigenvalue weighted by molar-refractivity contribution is 0.165. The number of hydrogen-bond donors (Lipinski definition) is 1. The Bertz CT molecular complexity index is 585. The van der Waals surface area contributed by atoms with E-state index in [1.807, 2.05) is 6.92 Å². The Labute approximate surface area is 119 Å². The van der Waals surface area contributed by atoms with Gasteiger partial charge in [0.25, 0.3) is 0 Å². The number of hydrogen-bond acceptors (Lipinski definition) is 3. The van der Waals surface area contributed by atoms with Crippen LogP contribution in [0.4, 0.5) is 4.39 Å². The number of halogens is 2. The maximum Gasteiger partial charge on any atom is 0.147 e. The Balaban J connectivity index is 2.27. The molecule has 6 heteroatoms. The minimum atomic E-state index is -0.988. The Hall–Kier alpha value is -1.27. The molecule has 0 aliphatic heterocycles. The highest BCUT2D eigenvalue weighted by molar-refractivity contribution is 9.10. The van der Waals surface area contributed by atoms with Gasteiger partial charge < -0.3 is 5.11 Å². The highest BCUT2D eigenvalue weighted by Crippen LogP contribution is 2.26. The lowest BCUT2D eigenvalue weighted by atomic mass is 10.1. The number of aliphatic hydroxyl groups is 1. The van der Waals surface area contributed by atoms with Crippen LogP contribution in [0.3, 0.4) is 0 Å². The fraction of sp³-hybridized carbons (Fsp3) is 0.385. The Morgan fingerprint density at radius 1 is 1.53 bits per heavy atom. The molecule has 0 saturated carbocycles. The predicted molar refractivity (Wildman–Crippen MR) is 73.1 cm³/mol. The van der Waals surface area contributed by atoms with E-state index in [2.05, 4.69) is 26.0 Å². The molecule has 0 fully saturated rings. The second-order valence-electron chi connectivity index (χ2n) is 4.27. The normalized spacial score (nSPS) is 12.7. The van der Waals surface area contributed by atoms with Crippen molar-refractivity contribution in [2.75, 3.05) is 0 Å². The summed E-state index contributed by atoms with van der Waals surface area (Å²) in [4.78, 5) is 3.89. The van der Waals surface area contributed by atoms with Crippen LogP contribution < -0.4 is 0 Å². The molecular formula is C13H15BrFN3O. The zero-order valence-electron chi connectivity index (χ0n) is 10.8. The summed E-state index contributed by atoms with van der Waals surface area (Å²) in [6, 6.07) is 2.79. The first-order valence-corrected chi connectivity index (χ1v) is 6.82. The van der Waals surface area contributed by atoms with Gasteiger partial charge in [0, 0.05) is 19.7 Å². The molecule has 2 heterocycles. The molecule has 0 aliphatic rings. The minimum Gasteiger partial charge on any atom is -0.386 e. The smallest absolute Gasteiger partial charge is 0.147 e. The molecule has 0 amide bonds. The van der Waals surface area contributed by atoms with Gasteiger partial charge in [-0.05, 0) is 34.5 Å². The van der Waals surface area contributed by atoms with Crippen LogP contribution in [0, 0.1) is 5.82 Å². The first-order valence-electron chi connectivity index (χ1n) is 6.03. The number of aliphatic hydroxyl groups excluding tert-OH is 1. The van der Waals surface area contributed by atoms with Crippen LogP contribution in [0.1, 0.15) is 30.1 Å². The van der Waals surface area contributed by atoms with Crippen LogP contribution in [0.25, 0.3) is 0 Å². The summed E-state index contributed by atoms with van der Waals surface area (Å²) < 4.78 is 16.1. The molecule has 0 aromatic carbocycles. The van der Waals surface area contributed by atoms with Gasteiger partial charge in [-0.2, -0.15) is 5.10 Å². The Kier molecular flexibility index (Phi) is 4.31. The van der Waals surface area contributed by atoms with Crippen LogP contribution >= 0.6 is 15.9 Å². The molecule has 0 radical (unpaired) electrons. The maximum atomic E-state index is 13.6. The average Bonchev–Trinajstić information content (AvgIpc) is 2.66. The summed E-state index contributed by atoms with van der Waals surface area (Å²) in [5.74, 6) is -0.496. The molecule has 4 nitrogen and oxygen atoms in total. The largest absolute Gasteiger partial charge is 0.386 e. The summed E-state index contributed by atoms with van der Waals surface area (Å²) >= 11 is 3.47. The van der Waals surface area contributed by atoms with Gasteiger partial charge in [0.15, 0.2) is 0 Å². The summed E-state index contributed by atoms with van der Waals surface area (Å²) in [5.41, 5.74) is 1.81. The van der Waals surface area contributed by atoms with Crippen molar-refractivity contribution in [2.45, 2.75) is 25.9 Å². The summed E-state index contributed by atoms with van der Waals surface area (Å²) in [7, 11) is 1.81. The van der Waals surface area contributed by atoms with Crippen molar-refractivity contribution in [3.05, 3.63) is 45.7 Å². The van der Waals surface area contributed by atoms with Crippen molar-refractivity contribution in [2.24, 2.45) is 7.05 Å². The molecule has 2 aromatic rings. The third-order valence-corrected chi connectivity index (χ3v) is 3.91. The van der Waals surface area contributed by atoms with Gasteiger partial charge in [0.05, 0.1) is 15.9 Å². The van der Waals surface area contributed by atoms with E-state index < -0.39 is 11.9 Å². The SMILES string of the molecule is CCc1nn(C)c(CC(O)c2ncccc2F)c1Br. The zero-order chi connectivity index (χ0) is 14.0. The first kappa shape index (κ1) is 14.1. The van der Waals surface area contributed by atoms with Gasteiger partial charge in [0.1, 0.15) is 17.6 Å². The number of nitrogens with zero attached hydrogens (tertiary/aromatic N) is 3.